The average Bonchev–Trinajstić information content (AvgIpc) is 3.11. The number of fused-ring (bicyclic) bond motifs is 3. The van der Waals surface area contributed by atoms with Crippen LogP contribution >= 0.6 is 23.1 Å². The summed E-state index contributed by atoms with van der Waals surface area (Å²) in [5, 5.41) is 9.30. The summed E-state index contributed by atoms with van der Waals surface area (Å²) in [6, 6.07) is 8.20. The fraction of sp³-hybridized carbons (Fsp3) is 0.438. The van der Waals surface area contributed by atoms with E-state index in [0.717, 1.165) is 35.1 Å². The van der Waals surface area contributed by atoms with Gasteiger partial charge in [-0.15, -0.1) is 10.2 Å². The van der Waals surface area contributed by atoms with E-state index in [1.807, 2.05) is 17.0 Å². The van der Waals surface area contributed by atoms with Gasteiger partial charge in [-0.3, -0.25) is 9.20 Å². The molecule has 3 aromatic rings. The largest absolute Gasteiger partial charge is 0.342 e. The number of benzene rings is 1. The highest BCUT2D eigenvalue weighted by atomic mass is 32.2. The Hall–Kier alpha value is -1.60. The zero-order valence-electron chi connectivity index (χ0n) is 12.9. The number of likely N-dealkylation sites (tertiary alicyclic amines) is 1. The quantitative estimate of drug-likeness (QED) is 0.683. The fourth-order valence-corrected chi connectivity index (χ4v) is 4.95. The van der Waals surface area contributed by atoms with Gasteiger partial charge in [0, 0.05) is 13.1 Å². The summed E-state index contributed by atoms with van der Waals surface area (Å²) in [7, 11) is 0. The first-order valence-corrected chi connectivity index (χ1v) is 9.66. The number of carbonyl (C=O) groups is 1. The van der Waals surface area contributed by atoms with Gasteiger partial charge in [0.15, 0.2) is 5.16 Å². The lowest BCUT2D eigenvalue weighted by Crippen LogP contribution is -2.40. The summed E-state index contributed by atoms with van der Waals surface area (Å²) in [5.74, 6) is 1.24. The number of hydrogen-bond donors (Lipinski definition) is 0. The molecule has 23 heavy (non-hydrogen) atoms. The summed E-state index contributed by atoms with van der Waals surface area (Å²) in [6.45, 7) is 3.99. The second-order valence-corrected chi connectivity index (χ2v) is 8.00. The summed E-state index contributed by atoms with van der Waals surface area (Å²) < 4.78 is 3.24. The van der Waals surface area contributed by atoms with Crippen LogP contribution in [0.1, 0.15) is 19.8 Å². The van der Waals surface area contributed by atoms with Gasteiger partial charge in [-0.25, -0.2) is 0 Å². The van der Waals surface area contributed by atoms with Gasteiger partial charge in [-0.2, -0.15) is 0 Å². The molecule has 5 nitrogen and oxygen atoms in total. The fourth-order valence-electron chi connectivity index (χ4n) is 3.08. The van der Waals surface area contributed by atoms with Crippen LogP contribution in [0.25, 0.3) is 15.2 Å². The Kier molecular flexibility index (Phi) is 3.98. The van der Waals surface area contributed by atoms with Crippen LogP contribution in [0.2, 0.25) is 0 Å². The lowest BCUT2D eigenvalue weighted by Gasteiger charge is -2.30. The van der Waals surface area contributed by atoms with E-state index in [1.54, 1.807) is 11.3 Å². The lowest BCUT2D eigenvalue weighted by molar-refractivity contribution is -0.130. The third-order valence-electron chi connectivity index (χ3n) is 4.25. The highest BCUT2D eigenvalue weighted by Crippen LogP contribution is 2.29. The number of carbonyl (C=O) groups excluding carboxylic acids is 1. The normalized spacial score (nSPS) is 18.8. The minimum Gasteiger partial charge on any atom is -0.342 e. The summed E-state index contributed by atoms with van der Waals surface area (Å²) in [6.07, 6.45) is 2.34. The minimum atomic E-state index is 0.206. The molecule has 0 aliphatic carbocycles. The number of para-hydroxylation sites is 1. The smallest absolute Gasteiger partial charge is 0.233 e. The number of thioether (sulfide) groups is 1. The third kappa shape index (κ3) is 2.83. The monoisotopic (exact) mass is 346 g/mol. The molecule has 0 spiro atoms. The number of amides is 1. The van der Waals surface area contributed by atoms with Crippen LogP contribution in [0.5, 0.6) is 0 Å². The molecule has 1 saturated heterocycles. The topological polar surface area (TPSA) is 50.5 Å². The van der Waals surface area contributed by atoms with Crippen LogP contribution in [0.15, 0.2) is 29.4 Å². The average molecular weight is 346 g/mol. The summed E-state index contributed by atoms with van der Waals surface area (Å²) in [4.78, 5) is 15.3. The van der Waals surface area contributed by atoms with E-state index in [-0.39, 0.29) is 5.91 Å². The first-order chi connectivity index (χ1) is 11.2. The maximum atomic E-state index is 12.4. The number of piperidine rings is 1. The third-order valence-corrected chi connectivity index (χ3v) is 6.17. The number of rotatable bonds is 3. The van der Waals surface area contributed by atoms with Crippen molar-refractivity contribution in [3.05, 3.63) is 24.3 Å². The van der Waals surface area contributed by atoms with E-state index >= 15 is 0 Å². The molecule has 1 aromatic carbocycles. The first kappa shape index (κ1) is 15.0. The molecule has 1 aliphatic heterocycles. The molecular formula is C16H18N4OS2. The van der Waals surface area contributed by atoms with Crippen LogP contribution in [0.4, 0.5) is 0 Å². The first-order valence-electron chi connectivity index (χ1n) is 7.85. The zero-order valence-corrected chi connectivity index (χ0v) is 14.6. The molecule has 2 aromatic heterocycles. The predicted molar refractivity (Wildman–Crippen MR) is 94.1 cm³/mol. The van der Waals surface area contributed by atoms with Crippen LogP contribution in [0.3, 0.4) is 0 Å². The lowest BCUT2D eigenvalue weighted by atomic mass is 10.0. The van der Waals surface area contributed by atoms with E-state index in [9.17, 15) is 4.79 Å². The van der Waals surface area contributed by atoms with Crippen molar-refractivity contribution in [2.75, 3.05) is 18.8 Å². The molecule has 0 bridgehead atoms. The Labute approximate surface area is 142 Å². The second-order valence-electron chi connectivity index (χ2n) is 6.05. The van der Waals surface area contributed by atoms with E-state index in [1.165, 1.54) is 22.9 Å². The Morgan fingerprint density at radius 2 is 2.26 bits per heavy atom. The Morgan fingerprint density at radius 1 is 1.39 bits per heavy atom. The molecule has 1 aliphatic rings. The van der Waals surface area contributed by atoms with Crippen molar-refractivity contribution in [3.63, 3.8) is 0 Å². The Morgan fingerprint density at radius 3 is 3.13 bits per heavy atom. The molecule has 0 saturated carbocycles. The molecule has 120 valence electrons. The van der Waals surface area contributed by atoms with Crippen molar-refractivity contribution in [2.24, 2.45) is 5.92 Å². The Balaban J connectivity index is 1.53. The van der Waals surface area contributed by atoms with E-state index < -0.39 is 0 Å². The predicted octanol–water partition coefficient (Wildman–Crippen LogP) is 3.29. The van der Waals surface area contributed by atoms with Gasteiger partial charge in [0.1, 0.15) is 0 Å². The van der Waals surface area contributed by atoms with Crippen molar-refractivity contribution in [1.29, 1.82) is 0 Å². The number of thiazole rings is 1. The van der Waals surface area contributed by atoms with Crippen molar-refractivity contribution in [3.8, 4) is 0 Å². The van der Waals surface area contributed by atoms with Crippen molar-refractivity contribution >= 4 is 44.2 Å². The standard InChI is InChI=1S/C16H18N4OS2/c1-11-5-4-8-19(9-11)14(21)10-22-15-17-18-16-20(15)12-6-2-3-7-13(12)23-16/h2-3,6-7,11H,4-5,8-10H2,1H3. The van der Waals surface area contributed by atoms with Gasteiger partial charge in [0.2, 0.25) is 10.9 Å². The van der Waals surface area contributed by atoms with Gasteiger partial charge in [-0.1, -0.05) is 42.2 Å². The van der Waals surface area contributed by atoms with Gasteiger partial charge in [-0.05, 0) is 30.9 Å². The molecule has 1 unspecified atom stereocenters. The summed E-state index contributed by atoms with van der Waals surface area (Å²) in [5.41, 5.74) is 1.11. The van der Waals surface area contributed by atoms with E-state index in [0.29, 0.717) is 11.7 Å². The summed E-state index contributed by atoms with van der Waals surface area (Å²) >= 11 is 3.11. The molecule has 1 amide bonds. The van der Waals surface area contributed by atoms with Crippen molar-refractivity contribution in [2.45, 2.75) is 24.9 Å². The maximum Gasteiger partial charge on any atom is 0.233 e. The SMILES string of the molecule is CC1CCCN(C(=O)CSc2nnc3sc4ccccc4n23)C1. The van der Waals surface area contributed by atoms with E-state index in [2.05, 4.69) is 33.7 Å². The highest BCUT2D eigenvalue weighted by molar-refractivity contribution is 7.99. The van der Waals surface area contributed by atoms with Crippen molar-refractivity contribution in [1.82, 2.24) is 19.5 Å². The van der Waals surface area contributed by atoms with E-state index in [4.69, 9.17) is 0 Å². The number of hydrogen-bond acceptors (Lipinski definition) is 5. The maximum absolute atomic E-state index is 12.4. The molecule has 1 fully saturated rings. The molecule has 4 rings (SSSR count). The zero-order chi connectivity index (χ0) is 15.8. The minimum absolute atomic E-state index is 0.206. The second kappa shape index (κ2) is 6.13. The number of nitrogens with zero attached hydrogens (tertiary/aromatic N) is 4. The molecule has 0 radical (unpaired) electrons. The van der Waals surface area contributed by atoms with Crippen LogP contribution in [0, 0.1) is 5.92 Å². The van der Waals surface area contributed by atoms with Crippen molar-refractivity contribution < 1.29 is 4.79 Å². The van der Waals surface area contributed by atoms with Crippen LogP contribution < -0.4 is 0 Å². The van der Waals surface area contributed by atoms with Gasteiger partial charge in [0.05, 0.1) is 16.0 Å². The molecule has 7 heteroatoms. The van der Waals surface area contributed by atoms with Gasteiger partial charge < -0.3 is 4.90 Å². The molecule has 0 N–H and O–H groups in total. The van der Waals surface area contributed by atoms with Gasteiger partial charge in [0.25, 0.3) is 0 Å². The van der Waals surface area contributed by atoms with Crippen LogP contribution in [-0.2, 0) is 4.79 Å². The molecular weight excluding hydrogens is 328 g/mol. The molecule has 1 atom stereocenters. The molecule has 3 heterocycles. The van der Waals surface area contributed by atoms with Gasteiger partial charge >= 0.3 is 0 Å². The van der Waals surface area contributed by atoms with Crippen LogP contribution in [-0.4, -0.2) is 44.2 Å². The highest BCUT2D eigenvalue weighted by Gasteiger charge is 2.22. The Bertz CT molecular complexity index is 856. The number of aromatic nitrogens is 3.